The van der Waals surface area contributed by atoms with Crippen molar-refractivity contribution < 1.29 is 55.2 Å². The number of carbonyl (C=O) groups is 2. The average Bonchev–Trinajstić information content (AvgIpc) is 2.56. The van der Waals surface area contributed by atoms with Crippen molar-refractivity contribution in [2.24, 2.45) is 5.73 Å². The molecule has 0 aromatic heterocycles. The van der Waals surface area contributed by atoms with Crippen LogP contribution in [-0.4, -0.2) is 114 Å². The van der Waals surface area contributed by atoms with E-state index in [1.165, 1.54) is 0 Å². The lowest BCUT2D eigenvalue weighted by atomic mass is 9.88. The Morgan fingerprint density at radius 1 is 1.00 bits per heavy atom. The summed E-state index contributed by atoms with van der Waals surface area (Å²) in [5, 5.41) is 74.8. The zero-order chi connectivity index (χ0) is 18.8. The molecule has 1 rings (SSSR count). The minimum absolute atomic E-state index is 0.784. The number of aliphatic hydroxyl groups excluding tert-OH is 7. The highest BCUT2D eigenvalue weighted by atomic mass is 16.5. The number of ether oxygens (including phenoxy) is 1. The second kappa shape index (κ2) is 8.24. The molecule has 0 amide bonds. The number of nitrogens with two attached hydrogens (primary N) is 1. The highest BCUT2D eigenvalue weighted by Gasteiger charge is 2.48. The number of aliphatic hydroxyl groups is 7. The number of carboxylic acids is 1. The van der Waals surface area contributed by atoms with Crippen LogP contribution in [0.3, 0.4) is 0 Å². The van der Waals surface area contributed by atoms with Crippen molar-refractivity contribution in [1.29, 1.82) is 0 Å². The lowest BCUT2D eigenvalue weighted by molar-refractivity contribution is -0.201. The molecule has 1 aliphatic heterocycles. The van der Waals surface area contributed by atoms with Crippen LogP contribution in [0.1, 0.15) is 0 Å². The average molecular weight is 355 g/mol. The number of hydrogen-bond donors (Lipinski definition) is 9. The molecule has 0 saturated carbocycles. The van der Waals surface area contributed by atoms with E-state index in [2.05, 4.69) is 0 Å². The Morgan fingerprint density at radius 2 is 1.50 bits per heavy atom. The molecule has 0 aromatic rings. The van der Waals surface area contributed by atoms with Gasteiger partial charge < -0.3 is 51.3 Å². The van der Waals surface area contributed by atoms with Crippen LogP contribution < -0.4 is 5.73 Å². The van der Waals surface area contributed by atoms with Gasteiger partial charge >= 0.3 is 5.97 Å². The van der Waals surface area contributed by atoms with E-state index in [9.17, 15) is 35.1 Å². The minimum Gasteiger partial charge on any atom is -0.479 e. The predicted molar refractivity (Wildman–Crippen MR) is 72.4 cm³/mol. The van der Waals surface area contributed by atoms with Gasteiger partial charge in [-0.15, -0.1) is 0 Å². The summed E-state index contributed by atoms with van der Waals surface area (Å²) >= 11 is 0. The summed E-state index contributed by atoms with van der Waals surface area (Å²) in [7, 11) is 0. The quantitative estimate of drug-likeness (QED) is 0.208. The first-order valence-corrected chi connectivity index (χ1v) is 6.91. The lowest BCUT2D eigenvalue weighted by Crippen LogP contribution is -2.66. The zero-order valence-electron chi connectivity index (χ0n) is 12.3. The van der Waals surface area contributed by atoms with Crippen LogP contribution in [0.4, 0.5) is 0 Å². The molecule has 12 nitrogen and oxygen atoms in total. The molecule has 10 N–H and O–H groups in total. The molecule has 1 saturated heterocycles. The van der Waals surface area contributed by atoms with E-state index in [1.54, 1.807) is 0 Å². The second-order valence-corrected chi connectivity index (χ2v) is 5.45. The standard InChI is InChI=1S/C12H21NO11/c13-3-5(16)4(15)2(1-14)24-11(3)9(20)7(18)6(17)8(19)10(21)12(22)23/h2-8,10-11,14-19,21H,1,13H2,(H,22,23)/t2-,3-,4-,5-,6-,7-,8+,10+,11?/m1/s1. The van der Waals surface area contributed by atoms with Gasteiger partial charge in [-0.1, -0.05) is 0 Å². The predicted octanol–water partition coefficient (Wildman–Crippen LogP) is -6.11. The Bertz CT molecular complexity index is 458. The molecular weight excluding hydrogens is 334 g/mol. The van der Waals surface area contributed by atoms with Gasteiger partial charge in [0, 0.05) is 0 Å². The molecule has 1 aliphatic rings. The molecular formula is C12H21NO11. The van der Waals surface area contributed by atoms with Crippen molar-refractivity contribution >= 4 is 11.8 Å². The Hall–Kier alpha value is -1.22. The van der Waals surface area contributed by atoms with Crippen LogP contribution in [0.5, 0.6) is 0 Å². The van der Waals surface area contributed by atoms with Gasteiger partial charge in [-0.05, 0) is 0 Å². The molecule has 0 spiro atoms. The third-order valence-electron chi connectivity index (χ3n) is 3.80. The number of carboxylic acid groups (broad SMARTS) is 1. The molecule has 1 heterocycles. The molecule has 1 unspecified atom stereocenters. The van der Waals surface area contributed by atoms with E-state index in [1.807, 2.05) is 0 Å². The first-order valence-electron chi connectivity index (χ1n) is 6.91. The highest BCUT2D eigenvalue weighted by molar-refractivity contribution is 5.89. The molecule has 0 aliphatic carbocycles. The van der Waals surface area contributed by atoms with Gasteiger partial charge in [-0.2, -0.15) is 0 Å². The van der Waals surface area contributed by atoms with Gasteiger partial charge in [-0.3, -0.25) is 4.79 Å². The van der Waals surface area contributed by atoms with E-state index in [0.717, 1.165) is 0 Å². The molecule has 0 radical (unpaired) electrons. The molecule has 0 bridgehead atoms. The summed E-state index contributed by atoms with van der Waals surface area (Å²) in [6.07, 6.45) is -16.1. The lowest BCUT2D eigenvalue weighted by Gasteiger charge is -2.41. The number of Topliss-reactive ketones (excluding diaryl/α,β-unsaturated/α-hetero) is 1. The number of aliphatic carboxylic acids is 1. The molecule has 12 heteroatoms. The molecule has 1 fully saturated rings. The topological polar surface area (TPSA) is 231 Å². The van der Waals surface area contributed by atoms with Gasteiger partial charge in [0.2, 0.25) is 0 Å². The normalized spacial score (nSPS) is 35.8. The van der Waals surface area contributed by atoms with E-state index in [4.69, 9.17) is 25.8 Å². The molecule has 24 heavy (non-hydrogen) atoms. The summed E-state index contributed by atoms with van der Waals surface area (Å²) in [5.41, 5.74) is 5.52. The van der Waals surface area contributed by atoms with Gasteiger partial charge in [0.25, 0.3) is 0 Å². The largest absolute Gasteiger partial charge is 0.479 e. The SMILES string of the molecule is N[C@H]1C(C(=O)[C@H](O)[C@@H](O)[C@H](O)[C@H](O)C(=O)O)O[C@H](CO)[C@@H](O)[C@@H]1O. The number of rotatable bonds is 7. The summed E-state index contributed by atoms with van der Waals surface area (Å²) in [6.45, 7) is -0.784. The number of ketones is 1. The van der Waals surface area contributed by atoms with E-state index < -0.39 is 73.2 Å². The van der Waals surface area contributed by atoms with Crippen LogP contribution in [0.2, 0.25) is 0 Å². The first-order chi connectivity index (χ1) is 11.0. The van der Waals surface area contributed by atoms with E-state index in [0.29, 0.717) is 0 Å². The maximum Gasteiger partial charge on any atom is 0.335 e. The third kappa shape index (κ3) is 4.05. The van der Waals surface area contributed by atoms with Crippen molar-refractivity contribution in [2.75, 3.05) is 6.61 Å². The van der Waals surface area contributed by atoms with E-state index >= 15 is 0 Å². The second-order valence-electron chi connectivity index (χ2n) is 5.45. The fourth-order valence-electron chi connectivity index (χ4n) is 2.25. The molecule has 0 aromatic carbocycles. The van der Waals surface area contributed by atoms with Crippen molar-refractivity contribution in [2.45, 2.75) is 54.9 Å². The fourth-order valence-corrected chi connectivity index (χ4v) is 2.25. The van der Waals surface area contributed by atoms with Gasteiger partial charge in [0.1, 0.15) is 42.7 Å². The van der Waals surface area contributed by atoms with Gasteiger partial charge in [0.15, 0.2) is 11.9 Å². The summed E-state index contributed by atoms with van der Waals surface area (Å²) in [6, 6.07) is -1.53. The van der Waals surface area contributed by atoms with Crippen LogP contribution in [0, 0.1) is 0 Å². The van der Waals surface area contributed by atoms with Crippen LogP contribution >= 0.6 is 0 Å². The monoisotopic (exact) mass is 355 g/mol. The smallest absolute Gasteiger partial charge is 0.335 e. The summed E-state index contributed by atoms with van der Waals surface area (Å²) < 4.78 is 4.99. The Morgan fingerprint density at radius 3 is 1.96 bits per heavy atom. The number of carbonyl (C=O) groups excluding carboxylic acids is 1. The van der Waals surface area contributed by atoms with Gasteiger partial charge in [0.05, 0.1) is 12.6 Å². The Kier molecular flexibility index (Phi) is 7.15. The molecule has 9 atom stereocenters. The van der Waals surface area contributed by atoms with Gasteiger partial charge in [-0.25, -0.2) is 4.79 Å². The van der Waals surface area contributed by atoms with Crippen LogP contribution in [-0.2, 0) is 14.3 Å². The van der Waals surface area contributed by atoms with Crippen molar-refractivity contribution in [3.05, 3.63) is 0 Å². The molecule has 140 valence electrons. The summed E-state index contributed by atoms with van der Waals surface area (Å²) in [4.78, 5) is 22.7. The number of hydrogen-bond acceptors (Lipinski definition) is 11. The van der Waals surface area contributed by atoms with E-state index in [-0.39, 0.29) is 0 Å². The highest BCUT2D eigenvalue weighted by Crippen LogP contribution is 2.22. The first kappa shape index (κ1) is 20.8. The van der Waals surface area contributed by atoms with Crippen LogP contribution in [0.15, 0.2) is 0 Å². The third-order valence-corrected chi connectivity index (χ3v) is 3.80. The Labute approximate surface area is 135 Å². The zero-order valence-corrected chi connectivity index (χ0v) is 12.3. The maximum atomic E-state index is 12.1. The minimum atomic E-state index is -2.47. The van der Waals surface area contributed by atoms with Crippen molar-refractivity contribution in [3.8, 4) is 0 Å². The maximum absolute atomic E-state index is 12.1. The van der Waals surface area contributed by atoms with Crippen molar-refractivity contribution in [3.63, 3.8) is 0 Å². The fraction of sp³-hybridized carbons (Fsp3) is 0.833. The summed E-state index contributed by atoms with van der Waals surface area (Å²) in [5.74, 6) is -3.23. The van der Waals surface area contributed by atoms with Crippen molar-refractivity contribution in [1.82, 2.24) is 0 Å². The Balaban J connectivity index is 2.89. The van der Waals surface area contributed by atoms with Crippen LogP contribution in [0.25, 0.3) is 0 Å².